The summed E-state index contributed by atoms with van der Waals surface area (Å²) in [5.74, 6) is -0.184. The fraction of sp³-hybridized carbons (Fsp3) is 0.647. The van der Waals surface area contributed by atoms with Crippen molar-refractivity contribution in [3.8, 4) is 0 Å². The molecule has 0 amide bonds. The van der Waals surface area contributed by atoms with Gasteiger partial charge in [-0.3, -0.25) is 0 Å². The van der Waals surface area contributed by atoms with Crippen molar-refractivity contribution in [2.75, 3.05) is 7.11 Å². The molecule has 2 nitrogen and oxygen atoms in total. The van der Waals surface area contributed by atoms with Gasteiger partial charge in [-0.2, -0.15) is 0 Å². The number of hydrogen-bond donors (Lipinski definition) is 1. The van der Waals surface area contributed by atoms with E-state index < -0.39 is 0 Å². The molecule has 0 saturated heterocycles. The van der Waals surface area contributed by atoms with E-state index in [2.05, 4.69) is 0 Å². The van der Waals surface area contributed by atoms with Crippen LogP contribution in [0.2, 0.25) is 0 Å². The molecule has 0 bridgehead atoms. The largest absolute Gasteiger partial charge is 0.377 e. The van der Waals surface area contributed by atoms with Crippen molar-refractivity contribution in [1.29, 1.82) is 0 Å². The zero-order chi connectivity index (χ0) is 14.6. The number of ether oxygens (including phenoxy) is 1. The highest BCUT2D eigenvalue weighted by atomic mass is 19.1. The number of benzene rings is 1. The highest BCUT2D eigenvalue weighted by Gasteiger charge is 2.37. The Hall–Kier alpha value is -0.930. The second kappa shape index (κ2) is 6.68. The van der Waals surface area contributed by atoms with Crippen molar-refractivity contribution in [2.24, 2.45) is 5.73 Å². The Kier molecular flexibility index (Phi) is 5.17. The molecule has 0 spiro atoms. The molecular weight excluding hydrogens is 253 g/mol. The minimum Gasteiger partial charge on any atom is -0.377 e. The van der Waals surface area contributed by atoms with Crippen LogP contribution >= 0.6 is 0 Å². The molecule has 1 unspecified atom stereocenters. The fourth-order valence-electron chi connectivity index (χ4n) is 3.36. The lowest BCUT2D eigenvalue weighted by atomic mass is 9.82. The maximum Gasteiger partial charge on any atom is 0.123 e. The van der Waals surface area contributed by atoms with E-state index in [1.165, 1.54) is 31.7 Å². The summed E-state index contributed by atoms with van der Waals surface area (Å²) in [5, 5.41) is 0. The molecule has 2 rings (SSSR count). The summed E-state index contributed by atoms with van der Waals surface area (Å²) < 4.78 is 19.0. The van der Waals surface area contributed by atoms with Gasteiger partial charge in [0.2, 0.25) is 0 Å². The number of hydrogen-bond acceptors (Lipinski definition) is 2. The van der Waals surface area contributed by atoms with Gasteiger partial charge in [-0.1, -0.05) is 31.7 Å². The molecule has 0 heterocycles. The Balaban J connectivity index is 2.13. The molecule has 20 heavy (non-hydrogen) atoms. The number of aryl methyl sites for hydroxylation is 1. The van der Waals surface area contributed by atoms with Gasteiger partial charge in [-0.15, -0.1) is 0 Å². The molecule has 1 fully saturated rings. The normalized spacial score (nSPS) is 20.4. The second-order valence-corrected chi connectivity index (χ2v) is 6.06. The summed E-state index contributed by atoms with van der Waals surface area (Å²) in [6.45, 7) is 1.94. The van der Waals surface area contributed by atoms with Crippen molar-refractivity contribution in [3.05, 3.63) is 35.1 Å². The summed E-state index contributed by atoms with van der Waals surface area (Å²) in [7, 11) is 1.78. The van der Waals surface area contributed by atoms with Crippen molar-refractivity contribution in [3.63, 3.8) is 0 Å². The van der Waals surface area contributed by atoms with Crippen molar-refractivity contribution >= 4 is 0 Å². The van der Waals surface area contributed by atoms with Crippen LogP contribution in [0.15, 0.2) is 18.2 Å². The molecule has 2 N–H and O–H groups in total. The van der Waals surface area contributed by atoms with Crippen LogP contribution < -0.4 is 5.73 Å². The van der Waals surface area contributed by atoms with Crippen LogP contribution in [0.4, 0.5) is 4.39 Å². The van der Waals surface area contributed by atoms with Crippen LogP contribution in [0.3, 0.4) is 0 Å². The molecule has 1 aromatic rings. The van der Waals surface area contributed by atoms with Gasteiger partial charge < -0.3 is 10.5 Å². The summed E-state index contributed by atoms with van der Waals surface area (Å²) in [4.78, 5) is 0. The Morgan fingerprint density at radius 2 is 1.90 bits per heavy atom. The topological polar surface area (TPSA) is 35.2 Å². The van der Waals surface area contributed by atoms with E-state index in [0.717, 1.165) is 30.4 Å². The van der Waals surface area contributed by atoms with E-state index in [9.17, 15) is 4.39 Å². The first-order chi connectivity index (χ1) is 9.57. The third-order valence-electron chi connectivity index (χ3n) is 4.78. The van der Waals surface area contributed by atoms with Crippen molar-refractivity contribution in [2.45, 2.75) is 63.5 Å². The smallest absolute Gasteiger partial charge is 0.123 e. The molecule has 1 aromatic carbocycles. The molecule has 0 aromatic heterocycles. The third kappa shape index (κ3) is 3.39. The molecule has 0 radical (unpaired) electrons. The predicted octanol–water partition coefficient (Wildman–Crippen LogP) is 3.74. The molecular formula is C17H26FNO. The first-order valence-electron chi connectivity index (χ1n) is 7.63. The average Bonchev–Trinajstić information content (AvgIpc) is 2.68. The summed E-state index contributed by atoms with van der Waals surface area (Å²) in [6, 6.07) is 4.91. The van der Waals surface area contributed by atoms with Crippen molar-refractivity contribution < 1.29 is 9.13 Å². The van der Waals surface area contributed by atoms with Crippen LogP contribution in [0.1, 0.15) is 49.7 Å². The number of rotatable bonds is 4. The summed E-state index contributed by atoms with van der Waals surface area (Å²) in [5.41, 5.74) is 8.37. The van der Waals surface area contributed by atoms with Gasteiger partial charge in [0.05, 0.1) is 5.60 Å². The Morgan fingerprint density at radius 1 is 1.25 bits per heavy atom. The summed E-state index contributed by atoms with van der Waals surface area (Å²) >= 11 is 0. The molecule has 0 aliphatic heterocycles. The third-order valence-corrected chi connectivity index (χ3v) is 4.78. The van der Waals surface area contributed by atoms with Gasteiger partial charge in [-0.25, -0.2) is 4.39 Å². The lowest BCUT2D eigenvalue weighted by Crippen LogP contribution is -2.50. The van der Waals surface area contributed by atoms with Crippen LogP contribution in [0.25, 0.3) is 0 Å². The highest BCUT2D eigenvalue weighted by Crippen LogP contribution is 2.33. The quantitative estimate of drug-likeness (QED) is 0.852. The van der Waals surface area contributed by atoms with Gasteiger partial charge in [-0.05, 0) is 49.4 Å². The van der Waals surface area contributed by atoms with E-state index in [4.69, 9.17) is 10.5 Å². The minimum atomic E-state index is -0.211. The standard InChI is InChI=1S/C17H26FNO/c1-13-11-15(18)8-7-14(13)12-16(19)17(20-2)9-5-3-4-6-10-17/h7-8,11,16H,3-6,9-10,12,19H2,1-2H3. The van der Waals surface area contributed by atoms with Gasteiger partial charge >= 0.3 is 0 Å². The first kappa shape index (κ1) is 15.5. The maximum atomic E-state index is 13.2. The van der Waals surface area contributed by atoms with E-state index >= 15 is 0 Å². The Morgan fingerprint density at radius 3 is 2.45 bits per heavy atom. The molecule has 1 saturated carbocycles. The monoisotopic (exact) mass is 279 g/mol. The van der Waals surface area contributed by atoms with Crippen LogP contribution in [0.5, 0.6) is 0 Å². The van der Waals surface area contributed by atoms with Crippen LogP contribution in [0, 0.1) is 12.7 Å². The maximum absolute atomic E-state index is 13.2. The van der Waals surface area contributed by atoms with E-state index in [-0.39, 0.29) is 17.5 Å². The number of nitrogens with two attached hydrogens (primary N) is 1. The van der Waals surface area contributed by atoms with Gasteiger partial charge in [0, 0.05) is 13.2 Å². The SMILES string of the molecule is COC1(C(N)Cc2ccc(F)cc2C)CCCCCC1. The zero-order valence-corrected chi connectivity index (χ0v) is 12.6. The molecule has 112 valence electrons. The van der Waals surface area contributed by atoms with Gasteiger partial charge in [0.15, 0.2) is 0 Å². The van der Waals surface area contributed by atoms with E-state index in [0.29, 0.717) is 0 Å². The number of methoxy groups -OCH3 is 1. The zero-order valence-electron chi connectivity index (χ0n) is 12.6. The molecule has 1 aliphatic rings. The lowest BCUT2D eigenvalue weighted by molar-refractivity contribution is -0.0430. The van der Waals surface area contributed by atoms with Gasteiger partial charge in [0.1, 0.15) is 5.82 Å². The minimum absolute atomic E-state index is 0.0326. The molecule has 1 aliphatic carbocycles. The average molecular weight is 279 g/mol. The second-order valence-electron chi connectivity index (χ2n) is 6.06. The fourth-order valence-corrected chi connectivity index (χ4v) is 3.36. The van der Waals surface area contributed by atoms with Crippen LogP contribution in [-0.4, -0.2) is 18.8 Å². The van der Waals surface area contributed by atoms with E-state index in [1.807, 2.05) is 13.0 Å². The molecule has 1 atom stereocenters. The summed E-state index contributed by atoms with van der Waals surface area (Å²) in [6.07, 6.45) is 7.73. The Bertz CT molecular complexity index is 439. The van der Waals surface area contributed by atoms with E-state index in [1.54, 1.807) is 13.2 Å². The predicted molar refractivity (Wildman–Crippen MR) is 80.3 cm³/mol. The molecule has 3 heteroatoms. The highest BCUT2D eigenvalue weighted by molar-refractivity contribution is 5.28. The first-order valence-corrected chi connectivity index (χ1v) is 7.63. The van der Waals surface area contributed by atoms with Crippen molar-refractivity contribution in [1.82, 2.24) is 0 Å². The van der Waals surface area contributed by atoms with Crippen LogP contribution in [-0.2, 0) is 11.2 Å². The number of halogens is 1. The lowest BCUT2D eigenvalue weighted by Gasteiger charge is -2.37. The van der Waals surface area contributed by atoms with Gasteiger partial charge in [0.25, 0.3) is 0 Å². The Labute approximate surface area is 121 Å².